The molecule has 2 aliphatic heterocycles. The van der Waals surface area contributed by atoms with Crippen LogP contribution in [0.1, 0.15) is 11.1 Å². The highest BCUT2D eigenvalue weighted by molar-refractivity contribution is 6.20. The lowest BCUT2D eigenvalue weighted by Gasteiger charge is -2.23. The SMILES string of the molecule is Fc1c(OCc2ccccc2)cccc1C1=NC(C2=CC=C2)=C2C=NC=C[N+]12Cl. The van der Waals surface area contributed by atoms with Gasteiger partial charge in [0.1, 0.15) is 18.5 Å². The van der Waals surface area contributed by atoms with Crippen LogP contribution >= 0.6 is 11.8 Å². The average molecular weight is 405 g/mol. The normalized spacial score (nSPS) is 21.6. The molecule has 0 radical (unpaired) electrons. The van der Waals surface area contributed by atoms with Crippen molar-refractivity contribution in [2.75, 3.05) is 0 Å². The van der Waals surface area contributed by atoms with Crippen LogP contribution in [0.15, 0.2) is 106 Å². The van der Waals surface area contributed by atoms with Gasteiger partial charge in [-0.25, -0.2) is 4.39 Å². The van der Waals surface area contributed by atoms with Crippen LogP contribution in [0, 0.1) is 5.82 Å². The number of ether oxygens (including phenoxy) is 1. The molecule has 0 fully saturated rings. The molecule has 0 aromatic heterocycles. The molecule has 0 N–H and O–H groups in total. The molecule has 2 aromatic rings. The van der Waals surface area contributed by atoms with Crippen LogP contribution in [0.3, 0.4) is 0 Å². The van der Waals surface area contributed by atoms with Crippen molar-refractivity contribution in [2.45, 2.75) is 6.61 Å². The number of benzene rings is 2. The van der Waals surface area contributed by atoms with Gasteiger partial charge in [-0.05, 0) is 17.7 Å². The van der Waals surface area contributed by atoms with Crippen molar-refractivity contribution in [3.05, 3.63) is 113 Å². The fourth-order valence-electron chi connectivity index (χ4n) is 3.37. The minimum atomic E-state index is -0.491. The molecule has 1 unspecified atom stereocenters. The molecule has 0 saturated carbocycles. The Kier molecular flexibility index (Phi) is 4.27. The summed E-state index contributed by atoms with van der Waals surface area (Å²) in [4.78, 5) is 8.88. The molecule has 3 aliphatic rings. The molecular weight excluding hydrogens is 389 g/mol. The number of hydrogen-bond acceptors (Lipinski definition) is 3. The molecular formula is C23H16ClFN3O+. The third-order valence-corrected chi connectivity index (χ3v) is 5.40. The van der Waals surface area contributed by atoms with Gasteiger partial charge in [0.05, 0.1) is 18.0 Å². The molecule has 6 heteroatoms. The van der Waals surface area contributed by atoms with E-state index in [1.54, 1.807) is 36.8 Å². The van der Waals surface area contributed by atoms with Crippen molar-refractivity contribution in [3.63, 3.8) is 0 Å². The predicted octanol–water partition coefficient (Wildman–Crippen LogP) is 5.40. The highest BCUT2D eigenvalue weighted by Crippen LogP contribution is 2.42. The number of hydrogen-bond donors (Lipinski definition) is 0. The first kappa shape index (κ1) is 17.8. The van der Waals surface area contributed by atoms with Crippen LogP contribution in [-0.2, 0) is 6.61 Å². The lowest BCUT2D eigenvalue weighted by Crippen LogP contribution is -2.38. The number of halogens is 2. The smallest absolute Gasteiger partial charge is 0.267 e. The molecule has 0 spiro atoms. The second-order valence-electron chi connectivity index (χ2n) is 6.76. The van der Waals surface area contributed by atoms with Crippen LogP contribution < -0.4 is 4.74 Å². The lowest BCUT2D eigenvalue weighted by atomic mass is 10.0. The number of aliphatic imine (C=N–C) groups is 2. The van der Waals surface area contributed by atoms with Crippen LogP contribution in [0.25, 0.3) is 0 Å². The minimum absolute atomic E-state index is 0.157. The van der Waals surface area contributed by atoms with Gasteiger partial charge in [0.25, 0.3) is 5.84 Å². The van der Waals surface area contributed by atoms with Crippen molar-refractivity contribution >= 4 is 23.8 Å². The largest absolute Gasteiger partial charge is 0.486 e. The Morgan fingerprint density at radius 1 is 1.07 bits per heavy atom. The zero-order valence-corrected chi connectivity index (χ0v) is 16.1. The van der Waals surface area contributed by atoms with Crippen LogP contribution in [0.5, 0.6) is 5.75 Å². The van der Waals surface area contributed by atoms with E-state index in [0.717, 1.165) is 11.1 Å². The molecule has 2 aromatic carbocycles. The Morgan fingerprint density at radius 2 is 1.90 bits per heavy atom. The summed E-state index contributed by atoms with van der Waals surface area (Å²) in [5, 5.41) is 0. The monoisotopic (exact) mass is 404 g/mol. The predicted molar refractivity (Wildman–Crippen MR) is 112 cm³/mol. The number of nitrogens with zero attached hydrogens (tertiary/aromatic N) is 3. The van der Waals surface area contributed by atoms with Gasteiger partial charge >= 0.3 is 0 Å². The second-order valence-corrected chi connectivity index (χ2v) is 7.29. The van der Waals surface area contributed by atoms with E-state index in [4.69, 9.17) is 21.5 Å². The molecule has 142 valence electrons. The Balaban J connectivity index is 1.51. The first-order chi connectivity index (χ1) is 14.2. The van der Waals surface area contributed by atoms with Crippen molar-refractivity contribution in [1.29, 1.82) is 0 Å². The zero-order chi connectivity index (χ0) is 19.8. The molecule has 5 rings (SSSR count). The molecule has 0 saturated heterocycles. The van der Waals surface area contributed by atoms with Crippen molar-refractivity contribution in [1.82, 2.24) is 0 Å². The molecule has 4 nitrogen and oxygen atoms in total. The first-order valence-electron chi connectivity index (χ1n) is 9.14. The summed E-state index contributed by atoms with van der Waals surface area (Å²) in [6.07, 6.45) is 10.7. The van der Waals surface area contributed by atoms with Crippen molar-refractivity contribution in [2.24, 2.45) is 9.98 Å². The quantitative estimate of drug-likeness (QED) is 0.614. The van der Waals surface area contributed by atoms with E-state index in [-0.39, 0.29) is 16.4 Å². The van der Waals surface area contributed by atoms with Crippen LogP contribution in [0.4, 0.5) is 4.39 Å². The maximum absolute atomic E-state index is 15.4. The highest BCUT2D eigenvalue weighted by atomic mass is 35.5. The highest BCUT2D eigenvalue weighted by Gasteiger charge is 2.47. The van der Waals surface area contributed by atoms with Crippen LogP contribution in [-0.4, -0.2) is 16.1 Å². The number of amidine groups is 1. The Labute approximate surface area is 172 Å². The van der Waals surface area contributed by atoms with Crippen molar-refractivity contribution < 1.29 is 13.1 Å². The third kappa shape index (κ3) is 2.95. The van der Waals surface area contributed by atoms with E-state index in [0.29, 0.717) is 22.8 Å². The van der Waals surface area contributed by atoms with Gasteiger partial charge in [0.15, 0.2) is 23.3 Å². The summed E-state index contributed by atoms with van der Waals surface area (Å²) >= 11 is 6.90. The Bertz CT molecular complexity index is 1180. The Morgan fingerprint density at radius 3 is 2.66 bits per heavy atom. The van der Waals surface area contributed by atoms with E-state index in [1.807, 2.05) is 48.6 Å². The van der Waals surface area contributed by atoms with Gasteiger partial charge in [-0.3, -0.25) is 4.99 Å². The van der Waals surface area contributed by atoms with Gasteiger partial charge in [-0.15, -0.1) is 4.00 Å². The van der Waals surface area contributed by atoms with Gasteiger partial charge in [-0.1, -0.05) is 54.6 Å². The van der Waals surface area contributed by atoms with E-state index >= 15 is 4.39 Å². The second kappa shape index (κ2) is 6.95. The third-order valence-electron chi connectivity index (χ3n) is 4.94. The fraction of sp³-hybridized carbons (Fsp3) is 0.0435. The molecule has 0 amide bonds. The minimum Gasteiger partial charge on any atom is -0.486 e. The van der Waals surface area contributed by atoms with E-state index in [9.17, 15) is 0 Å². The summed E-state index contributed by atoms with van der Waals surface area (Å²) in [7, 11) is 0. The molecule has 1 atom stereocenters. The summed E-state index contributed by atoms with van der Waals surface area (Å²) in [5.74, 6) is 0.0441. The van der Waals surface area contributed by atoms with Gasteiger partial charge in [0, 0.05) is 5.57 Å². The lowest BCUT2D eigenvalue weighted by molar-refractivity contribution is -0.599. The summed E-state index contributed by atoms with van der Waals surface area (Å²) in [5.41, 5.74) is 3.58. The van der Waals surface area contributed by atoms with E-state index in [1.165, 1.54) is 0 Å². The Hall–Kier alpha value is -3.28. The topological polar surface area (TPSA) is 34.0 Å². The van der Waals surface area contributed by atoms with Crippen LogP contribution in [0.2, 0.25) is 0 Å². The molecule has 0 bridgehead atoms. The maximum Gasteiger partial charge on any atom is 0.267 e. The number of rotatable bonds is 5. The number of quaternary nitrogens is 1. The fourth-order valence-corrected chi connectivity index (χ4v) is 3.68. The van der Waals surface area contributed by atoms with E-state index < -0.39 is 5.82 Å². The number of fused-ring (bicyclic) bond motifs is 1. The maximum atomic E-state index is 15.4. The van der Waals surface area contributed by atoms with Crippen molar-refractivity contribution in [3.8, 4) is 5.75 Å². The summed E-state index contributed by atoms with van der Waals surface area (Å²) < 4.78 is 20.9. The molecule has 2 heterocycles. The molecule has 29 heavy (non-hydrogen) atoms. The zero-order valence-electron chi connectivity index (χ0n) is 15.3. The first-order valence-corrected chi connectivity index (χ1v) is 9.48. The van der Waals surface area contributed by atoms with Gasteiger partial charge < -0.3 is 4.74 Å². The molecule has 1 aliphatic carbocycles. The number of allylic oxidation sites excluding steroid dienone is 4. The standard InChI is InChI=1S/C23H16ClFN3O/c24-28-13-12-26-14-19(28)22(17-8-4-9-17)27-23(28)18-10-5-11-20(21(18)25)29-15-16-6-2-1-3-7-16/h1-14H,15H2/q+1. The summed E-state index contributed by atoms with van der Waals surface area (Å²) in [6, 6.07) is 14.6. The average Bonchev–Trinajstić information content (AvgIpc) is 2.99. The summed E-state index contributed by atoms with van der Waals surface area (Å²) in [6.45, 7) is 0.271. The van der Waals surface area contributed by atoms with Gasteiger partial charge in [-0.2, -0.15) is 4.99 Å². The van der Waals surface area contributed by atoms with Gasteiger partial charge in [0.2, 0.25) is 5.70 Å². The van der Waals surface area contributed by atoms with E-state index in [2.05, 4.69) is 4.99 Å².